The van der Waals surface area contributed by atoms with E-state index in [-0.39, 0.29) is 16.5 Å². The van der Waals surface area contributed by atoms with Crippen LogP contribution in [0.1, 0.15) is 0 Å². The van der Waals surface area contributed by atoms with Crippen LogP contribution in [-0.2, 0) is 0 Å². The summed E-state index contributed by atoms with van der Waals surface area (Å²) in [4.78, 5) is 12.1. The lowest BCUT2D eigenvalue weighted by atomic mass is 10.1. The number of phenolic OH excluding ortho intramolecular Hbond substituents is 1. The molecule has 3 aromatic rings. The average molecular weight is 313 g/mol. The van der Waals surface area contributed by atoms with E-state index < -0.39 is 6.03 Å². The third kappa shape index (κ3) is 2.82. The van der Waals surface area contributed by atoms with Gasteiger partial charge < -0.3 is 15.7 Å². The van der Waals surface area contributed by atoms with Gasteiger partial charge in [0.2, 0.25) is 0 Å². The fourth-order valence-corrected chi connectivity index (χ4v) is 2.40. The lowest BCUT2D eigenvalue weighted by Crippen LogP contribution is -2.19. The van der Waals surface area contributed by atoms with Crippen molar-refractivity contribution in [2.45, 2.75) is 0 Å². The monoisotopic (exact) mass is 312 g/mol. The van der Waals surface area contributed by atoms with E-state index >= 15 is 0 Å². The Morgan fingerprint density at radius 3 is 2.36 bits per heavy atom. The molecule has 0 aliphatic heterocycles. The Morgan fingerprint density at radius 1 is 0.864 bits per heavy atom. The van der Waals surface area contributed by atoms with Gasteiger partial charge in [-0.2, -0.15) is 0 Å². The molecule has 3 N–H and O–H groups in total. The van der Waals surface area contributed by atoms with Gasteiger partial charge in [-0.1, -0.05) is 54.1 Å². The first-order chi connectivity index (χ1) is 10.6. The summed E-state index contributed by atoms with van der Waals surface area (Å²) in [7, 11) is 0. The van der Waals surface area contributed by atoms with E-state index in [0.717, 1.165) is 10.8 Å². The van der Waals surface area contributed by atoms with E-state index in [9.17, 15) is 9.90 Å². The van der Waals surface area contributed by atoms with Crippen molar-refractivity contribution >= 4 is 39.8 Å². The highest BCUT2D eigenvalue weighted by Gasteiger charge is 2.10. The van der Waals surface area contributed by atoms with Gasteiger partial charge in [-0.3, -0.25) is 0 Å². The molecule has 22 heavy (non-hydrogen) atoms. The summed E-state index contributed by atoms with van der Waals surface area (Å²) in [5, 5.41) is 17.3. The van der Waals surface area contributed by atoms with E-state index in [0.29, 0.717) is 5.69 Å². The maximum Gasteiger partial charge on any atom is 0.323 e. The Hall–Kier alpha value is -2.72. The normalized spacial score (nSPS) is 10.4. The number of anilines is 2. The number of urea groups is 1. The largest absolute Gasteiger partial charge is 0.504 e. The number of fused-ring (bicyclic) bond motifs is 1. The van der Waals surface area contributed by atoms with Gasteiger partial charge in [-0.25, -0.2) is 4.79 Å². The third-order valence-corrected chi connectivity index (χ3v) is 3.58. The first-order valence-corrected chi connectivity index (χ1v) is 7.06. The van der Waals surface area contributed by atoms with Gasteiger partial charge >= 0.3 is 6.03 Å². The van der Waals surface area contributed by atoms with Gasteiger partial charge in [0.1, 0.15) is 0 Å². The smallest absolute Gasteiger partial charge is 0.323 e. The van der Waals surface area contributed by atoms with Crippen molar-refractivity contribution in [3.63, 3.8) is 0 Å². The van der Waals surface area contributed by atoms with Gasteiger partial charge in [0.25, 0.3) is 0 Å². The van der Waals surface area contributed by atoms with E-state index in [1.165, 1.54) is 0 Å². The molecule has 0 bridgehead atoms. The molecule has 0 fully saturated rings. The number of benzene rings is 3. The van der Waals surface area contributed by atoms with Crippen LogP contribution < -0.4 is 10.6 Å². The molecule has 0 unspecified atom stereocenters. The summed E-state index contributed by atoms with van der Waals surface area (Å²) in [5.41, 5.74) is 0.947. The van der Waals surface area contributed by atoms with E-state index in [4.69, 9.17) is 11.6 Å². The van der Waals surface area contributed by atoms with Crippen LogP contribution in [0.25, 0.3) is 10.8 Å². The zero-order chi connectivity index (χ0) is 15.5. The van der Waals surface area contributed by atoms with Crippen LogP contribution in [0.4, 0.5) is 16.2 Å². The highest BCUT2D eigenvalue weighted by Crippen LogP contribution is 2.31. The molecule has 4 nitrogen and oxygen atoms in total. The molecule has 0 saturated heterocycles. The van der Waals surface area contributed by atoms with Gasteiger partial charge in [0.15, 0.2) is 5.75 Å². The van der Waals surface area contributed by atoms with Crippen LogP contribution in [0.5, 0.6) is 5.75 Å². The van der Waals surface area contributed by atoms with Crippen LogP contribution in [0.2, 0.25) is 5.02 Å². The third-order valence-electron chi connectivity index (χ3n) is 3.27. The minimum atomic E-state index is -0.450. The molecule has 0 aromatic heterocycles. The van der Waals surface area contributed by atoms with Gasteiger partial charge in [0.05, 0.1) is 16.4 Å². The number of rotatable bonds is 2. The zero-order valence-electron chi connectivity index (χ0n) is 11.5. The van der Waals surface area contributed by atoms with Crippen molar-refractivity contribution in [3.8, 4) is 5.75 Å². The van der Waals surface area contributed by atoms with Crippen LogP contribution in [-0.4, -0.2) is 11.1 Å². The van der Waals surface area contributed by atoms with Crippen molar-refractivity contribution in [1.29, 1.82) is 0 Å². The van der Waals surface area contributed by atoms with Crippen molar-refractivity contribution < 1.29 is 9.90 Å². The maximum atomic E-state index is 12.1. The number of hydrogen-bond donors (Lipinski definition) is 3. The second-order valence-electron chi connectivity index (χ2n) is 4.74. The lowest BCUT2D eigenvalue weighted by molar-refractivity contribution is 0.262. The zero-order valence-corrected chi connectivity index (χ0v) is 12.3. The molecule has 0 heterocycles. The number of amides is 2. The van der Waals surface area contributed by atoms with Crippen LogP contribution in [0.3, 0.4) is 0 Å². The van der Waals surface area contributed by atoms with Crippen LogP contribution >= 0.6 is 11.6 Å². The topological polar surface area (TPSA) is 61.4 Å². The fraction of sp³-hybridized carbons (Fsp3) is 0. The standard InChI is InChI=1S/C17H13ClN2O2/c18-13-8-4-10-15(16(13)21)20-17(22)19-14-9-3-6-11-5-1-2-7-12(11)14/h1-10,21H,(H2,19,20,22). The number of phenols is 1. The first kappa shape index (κ1) is 14.2. The molecule has 0 aliphatic carbocycles. The molecule has 2 amide bonds. The minimum Gasteiger partial charge on any atom is -0.504 e. The van der Waals surface area contributed by atoms with Gasteiger partial charge in [0, 0.05) is 5.39 Å². The summed E-state index contributed by atoms with van der Waals surface area (Å²) in [6, 6.07) is 17.7. The number of halogens is 1. The Balaban J connectivity index is 1.83. The Labute approximate surface area is 132 Å². The molecular formula is C17H13ClN2O2. The number of carbonyl (C=O) groups is 1. The van der Waals surface area contributed by atoms with Crippen molar-refractivity contribution in [2.24, 2.45) is 0 Å². The summed E-state index contributed by atoms with van der Waals surface area (Å²) in [6.07, 6.45) is 0. The lowest BCUT2D eigenvalue weighted by Gasteiger charge is -2.11. The molecule has 3 rings (SSSR count). The van der Waals surface area contributed by atoms with Gasteiger partial charge in [-0.05, 0) is 23.6 Å². The number of hydrogen-bond acceptors (Lipinski definition) is 2. The van der Waals surface area contributed by atoms with Crippen molar-refractivity contribution in [3.05, 3.63) is 65.7 Å². The summed E-state index contributed by atoms with van der Waals surface area (Å²) in [6.45, 7) is 0. The maximum absolute atomic E-state index is 12.1. The average Bonchev–Trinajstić information content (AvgIpc) is 2.52. The number of aromatic hydroxyl groups is 1. The molecule has 0 atom stereocenters. The number of para-hydroxylation sites is 1. The second-order valence-corrected chi connectivity index (χ2v) is 5.15. The number of carbonyl (C=O) groups excluding carboxylic acids is 1. The molecule has 110 valence electrons. The Morgan fingerprint density at radius 2 is 1.50 bits per heavy atom. The summed E-state index contributed by atoms with van der Waals surface area (Å²) in [5.74, 6) is -0.155. The Kier molecular flexibility index (Phi) is 3.85. The van der Waals surface area contributed by atoms with E-state index in [1.807, 2.05) is 42.5 Å². The molecule has 0 spiro atoms. The molecular weight excluding hydrogens is 300 g/mol. The van der Waals surface area contributed by atoms with E-state index in [2.05, 4.69) is 10.6 Å². The fourth-order valence-electron chi connectivity index (χ4n) is 2.23. The first-order valence-electron chi connectivity index (χ1n) is 6.68. The summed E-state index contributed by atoms with van der Waals surface area (Å²) < 4.78 is 0. The molecule has 0 radical (unpaired) electrons. The number of nitrogens with one attached hydrogen (secondary N) is 2. The molecule has 0 aliphatic rings. The Bertz CT molecular complexity index is 844. The molecule has 3 aromatic carbocycles. The second kappa shape index (κ2) is 5.95. The van der Waals surface area contributed by atoms with Crippen molar-refractivity contribution in [1.82, 2.24) is 0 Å². The highest BCUT2D eigenvalue weighted by atomic mass is 35.5. The van der Waals surface area contributed by atoms with Crippen molar-refractivity contribution in [2.75, 3.05) is 10.6 Å². The molecule has 5 heteroatoms. The van der Waals surface area contributed by atoms with Gasteiger partial charge in [-0.15, -0.1) is 0 Å². The van der Waals surface area contributed by atoms with Crippen LogP contribution in [0.15, 0.2) is 60.7 Å². The predicted molar refractivity (Wildman–Crippen MR) is 89.7 cm³/mol. The van der Waals surface area contributed by atoms with E-state index in [1.54, 1.807) is 18.2 Å². The highest BCUT2D eigenvalue weighted by molar-refractivity contribution is 6.32. The minimum absolute atomic E-state index is 0.155. The predicted octanol–water partition coefficient (Wildman–Crippen LogP) is 4.84. The summed E-state index contributed by atoms with van der Waals surface area (Å²) >= 11 is 5.81. The van der Waals surface area contributed by atoms with Crippen LogP contribution in [0, 0.1) is 0 Å². The SMILES string of the molecule is O=C(Nc1cccc(Cl)c1O)Nc1cccc2ccccc12. The quantitative estimate of drug-likeness (QED) is 0.593. The molecule has 0 saturated carbocycles.